The van der Waals surface area contributed by atoms with Gasteiger partial charge < -0.3 is 9.30 Å². The summed E-state index contributed by atoms with van der Waals surface area (Å²) in [5.41, 5.74) is -0.116. The lowest BCUT2D eigenvalue weighted by Crippen LogP contribution is -2.13. The molecule has 0 radical (unpaired) electrons. The van der Waals surface area contributed by atoms with Gasteiger partial charge in [0.1, 0.15) is 5.75 Å². The largest absolute Gasteiger partial charge is 0.496 e. The molecular formula is C12H11N3O4S. The molecule has 0 bridgehead atoms. The van der Waals surface area contributed by atoms with Crippen molar-refractivity contribution in [2.24, 2.45) is 12.0 Å². The second-order valence-corrected chi connectivity index (χ2v) is 4.73. The van der Waals surface area contributed by atoms with Crippen molar-refractivity contribution >= 4 is 22.9 Å². The summed E-state index contributed by atoms with van der Waals surface area (Å²) in [5, 5.41) is 12.6. The summed E-state index contributed by atoms with van der Waals surface area (Å²) >= 11 is 1.30. The van der Waals surface area contributed by atoms with Gasteiger partial charge in [-0.25, -0.2) is 0 Å². The van der Waals surface area contributed by atoms with Gasteiger partial charge in [-0.3, -0.25) is 14.9 Å². The summed E-state index contributed by atoms with van der Waals surface area (Å²) in [7, 11) is 3.15. The van der Waals surface area contributed by atoms with Gasteiger partial charge in [0.05, 0.1) is 17.6 Å². The Bertz CT molecular complexity index is 732. The van der Waals surface area contributed by atoms with E-state index in [4.69, 9.17) is 4.74 Å². The smallest absolute Gasteiger partial charge is 0.283 e. The van der Waals surface area contributed by atoms with Crippen LogP contribution in [-0.4, -0.2) is 22.5 Å². The van der Waals surface area contributed by atoms with Crippen LogP contribution in [0.1, 0.15) is 10.4 Å². The molecule has 0 spiro atoms. The van der Waals surface area contributed by atoms with Gasteiger partial charge >= 0.3 is 0 Å². The first-order valence-corrected chi connectivity index (χ1v) is 6.42. The van der Waals surface area contributed by atoms with E-state index in [9.17, 15) is 14.9 Å². The number of rotatable bonds is 3. The summed E-state index contributed by atoms with van der Waals surface area (Å²) in [4.78, 5) is 26.8. The first kappa shape index (κ1) is 13.9. The van der Waals surface area contributed by atoms with Gasteiger partial charge in [0.15, 0.2) is 4.80 Å². The van der Waals surface area contributed by atoms with Crippen molar-refractivity contribution in [1.29, 1.82) is 0 Å². The van der Waals surface area contributed by atoms with E-state index in [-0.39, 0.29) is 17.0 Å². The summed E-state index contributed by atoms with van der Waals surface area (Å²) in [6, 6.07) is 3.83. The lowest BCUT2D eigenvalue weighted by molar-refractivity contribution is -0.384. The summed E-state index contributed by atoms with van der Waals surface area (Å²) in [5.74, 6) is -0.327. The highest BCUT2D eigenvalue weighted by Gasteiger charge is 2.17. The van der Waals surface area contributed by atoms with E-state index >= 15 is 0 Å². The van der Waals surface area contributed by atoms with E-state index in [1.165, 1.54) is 30.6 Å². The molecule has 0 atom stereocenters. The van der Waals surface area contributed by atoms with Gasteiger partial charge in [0.25, 0.3) is 11.6 Å². The van der Waals surface area contributed by atoms with E-state index < -0.39 is 10.8 Å². The van der Waals surface area contributed by atoms with Gasteiger partial charge in [0, 0.05) is 30.8 Å². The Morgan fingerprint density at radius 1 is 1.50 bits per heavy atom. The number of non-ortho nitro benzene ring substituents is 1. The Balaban J connectivity index is 2.51. The van der Waals surface area contributed by atoms with Crippen LogP contribution in [0, 0.1) is 10.1 Å². The molecule has 0 aliphatic carbocycles. The summed E-state index contributed by atoms with van der Waals surface area (Å²) in [6.07, 6.45) is 1.77. The van der Waals surface area contributed by atoms with Gasteiger partial charge in [-0.1, -0.05) is 0 Å². The second-order valence-electron chi connectivity index (χ2n) is 3.86. The van der Waals surface area contributed by atoms with E-state index in [0.717, 1.165) is 6.07 Å². The van der Waals surface area contributed by atoms with Crippen molar-refractivity contribution in [3.63, 3.8) is 0 Å². The predicted molar refractivity (Wildman–Crippen MR) is 72.8 cm³/mol. The van der Waals surface area contributed by atoms with Crippen molar-refractivity contribution in [1.82, 2.24) is 4.57 Å². The van der Waals surface area contributed by atoms with Crippen LogP contribution in [0.5, 0.6) is 5.75 Å². The normalized spacial score (nSPS) is 11.4. The molecule has 0 aliphatic rings. The third kappa shape index (κ3) is 2.75. The number of ether oxygens (including phenoxy) is 1. The fourth-order valence-corrected chi connectivity index (χ4v) is 2.29. The minimum atomic E-state index is -0.580. The third-order valence-electron chi connectivity index (χ3n) is 2.58. The second kappa shape index (κ2) is 5.66. The number of hydrogen-bond acceptors (Lipinski definition) is 5. The molecule has 1 aromatic carbocycles. The molecule has 8 heteroatoms. The molecule has 0 aliphatic heterocycles. The first-order valence-electron chi connectivity index (χ1n) is 5.54. The number of carbonyl (C=O) groups is 1. The molecule has 7 nitrogen and oxygen atoms in total. The van der Waals surface area contributed by atoms with Crippen LogP contribution >= 0.6 is 11.3 Å². The zero-order chi connectivity index (χ0) is 14.7. The number of aromatic nitrogens is 1. The minimum absolute atomic E-state index is 0.0649. The van der Waals surface area contributed by atoms with Gasteiger partial charge in [0.2, 0.25) is 0 Å². The molecule has 0 fully saturated rings. The zero-order valence-corrected chi connectivity index (χ0v) is 11.6. The SMILES string of the molecule is COc1ccc([N+](=O)[O-])cc1C(=O)N=c1sccn1C. The van der Waals surface area contributed by atoms with E-state index in [1.54, 1.807) is 23.2 Å². The minimum Gasteiger partial charge on any atom is -0.496 e. The van der Waals surface area contributed by atoms with Gasteiger partial charge in [-0.15, -0.1) is 11.3 Å². The number of aryl methyl sites for hydroxylation is 1. The quantitative estimate of drug-likeness (QED) is 0.637. The van der Waals surface area contributed by atoms with E-state index in [1.807, 2.05) is 0 Å². The average molecular weight is 293 g/mol. The molecule has 1 heterocycles. The Morgan fingerprint density at radius 3 is 2.80 bits per heavy atom. The number of nitrogens with zero attached hydrogens (tertiary/aromatic N) is 3. The number of nitro benzene ring substituents is 1. The first-order chi connectivity index (χ1) is 9.52. The van der Waals surface area contributed by atoms with Crippen LogP contribution in [0.3, 0.4) is 0 Å². The number of amides is 1. The number of nitro groups is 1. The maximum atomic E-state index is 12.1. The van der Waals surface area contributed by atoms with Gasteiger partial charge in [-0.2, -0.15) is 4.99 Å². The van der Waals surface area contributed by atoms with Gasteiger partial charge in [-0.05, 0) is 6.07 Å². The molecule has 0 unspecified atom stereocenters. The molecule has 1 amide bonds. The Morgan fingerprint density at radius 2 is 2.25 bits per heavy atom. The lowest BCUT2D eigenvalue weighted by Gasteiger charge is -2.04. The van der Waals surface area contributed by atoms with Crippen LogP contribution in [0.25, 0.3) is 0 Å². The van der Waals surface area contributed by atoms with Crippen LogP contribution in [-0.2, 0) is 7.05 Å². The molecule has 0 saturated carbocycles. The molecular weight excluding hydrogens is 282 g/mol. The fourth-order valence-electron chi connectivity index (χ4n) is 1.56. The molecule has 104 valence electrons. The van der Waals surface area contributed by atoms with Crippen LogP contribution in [0.2, 0.25) is 0 Å². The van der Waals surface area contributed by atoms with Crippen LogP contribution in [0.15, 0.2) is 34.8 Å². The Labute approximate surface area is 117 Å². The zero-order valence-electron chi connectivity index (χ0n) is 10.8. The van der Waals surface area contributed by atoms with Crippen LogP contribution < -0.4 is 9.54 Å². The molecule has 20 heavy (non-hydrogen) atoms. The van der Waals surface area contributed by atoms with Crippen molar-refractivity contribution in [3.8, 4) is 5.75 Å². The monoisotopic (exact) mass is 293 g/mol. The van der Waals surface area contributed by atoms with E-state index in [2.05, 4.69) is 4.99 Å². The maximum Gasteiger partial charge on any atom is 0.283 e. The molecule has 2 aromatic rings. The number of benzene rings is 1. The fraction of sp³-hybridized carbons (Fsp3) is 0.167. The number of methoxy groups -OCH3 is 1. The van der Waals surface area contributed by atoms with Crippen molar-refractivity contribution < 1.29 is 14.5 Å². The summed E-state index contributed by atoms with van der Waals surface area (Å²) in [6.45, 7) is 0. The van der Waals surface area contributed by atoms with E-state index in [0.29, 0.717) is 4.80 Å². The molecule has 1 aromatic heterocycles. The highest BCUT2D eigenvalue weighted by molar-refractivity contribution is 7.07. The molecule has 0 N–H and O–H groups in total. The highest BCUT2D eigenvalue weighted by atomic mass is 32.1. The predicted octanol–water partition coefficient (Wildman–Crippen LogP) is 1.74. The van der Waals surface area contributed by atoms with Crippen LogP contribution in [0.4, 0.5) is 5.69 Å². The Kier molecular flexibility index (Phi) is 3.94. The van der Waals surface area contributed by atoms with Crippen molar-refractivity contribution in [3.05, 3.63) is 50.3 Å². The lowest BCUT2D eigenvalue weighted by atomic mass is 10.1. The van der Waals surface area contributed by atoms with Crippen molar-refractivity contribution in [2.45, 2.75) is 0 Å². The third-order valence-corrected chi connectivity index (χ3v) is 3.43. The average Bonchev–Trinajstić information content (AvgIpc) is 2.83. The molecule has 2 rings (SSSR count). The Hall–Kier alpha value is -2.48. The standard InChI is InChI=1S/C12H11N3O4S/c1-14-5-6-20-12(14)13-11(16)9-7-8(15(17)18)3-4-10(9)19-2/h3-7H,1-2H3. The number of thiazole rings is 1. The number of carbonyl (C=O) groups excluding carboxylic acids is 1. The number of hydrogen-bond donors (Lipinski definition) is 0. The summed E-state index contributed by atoms with van der Waals surface area (Å²) < 4.78 is 6.73. The maximum absolute atomic E-state index is 12.1. The van der Waals surface area contributed by atoms with Crippen molar-refractivity contribution in [2.75, 3.05) is 7.11 Å². The topological polar surface area (TPSA) is 86.7 Å². The highest BCUT2D eigenvalue weighted by Crippen LogP contribution is 2.24. The molecule has 0 saturated heterocycles.